The maximum atomic E-state index is 12.4. The minimum absolute atomic E-state index is 0.0817. The van der Waals surface area contributed by atoms with Crippen LogP contribution in [0.3, 0.4) is 0 Å². The average Bonchev–Trinajstić information content (AvgIpc) is 3.01. The maximum Gasteiger partial charge on any atom is 0.224 e. The van der Waals surface area contributed by atoms with E-state index in [2.05, 4.69) is 12.1 Å². The Balaban J connectivity index is 1.37. The predicted octanol–water partition coefficient (Wildman–Crippen LogP) is 7.04. The van der Waals surface area contributed by atoms with E-state index in [9.17, 15) is 5.11 Å². The number of rotatable bonds is 13. The summed E-state index contributed by atoms with van der Waals surface area (Å²) in [6.45, 7) is 1.86. The largest absolute Gasteiger partial charge is 0.376 e. The van der Waals surface area contributed by atoms with Gasteiger partial charge in [0, 0.05) is 12.8 Å². The molecule has 0 saturated heterocycles. The Kier molecular flexibility index (Phi) is 9.76. The lowest BCUT2D eigenvalue weighted by Gasteiger charge is -2.50. The van der Waals surface area contributed by atoms with E-state index in [0.717, 1.165) is 28.7 Å². The lowest BCUT2D eigenvalue weighted by molar-refractivity contribution is -0.425. The van der Waals surface area contributed by atoms with Crippen molar-refractivity contribution >= 4 is 0 Å². The molecule has 40 heavy (non-hydrogen) atoms. The fourth-order valence-corrected chi connectivity index (χ4v) is 5.20. The Morgan fingerprint density at radius 1 is 0.550 bits per heavy atom. The minimum Gasteiger partial charge on any atom is -0.376 e. The Labute approximate surface area is 237 Å². The normalized spacial score (nSPS) is 20.3. The highest BCUT2D eigenvalue weighted by molar-refractivity contribution is 5.16. The quantitative estimate of drug-likeness (QED) is 0.185. The van der Waals surface area contributed by atoms with Crippen molar-refractivity contribution in [1.82, 2.24) is 0 Å². The van der Waals surface area contributed by atoms with Crippen LogP contribution < -0.4 is 0 Å². The molecule has 4 aromatic carbocycles. The first kappa shape index (κ1) is 28.2. The highest BCUT2D eigenvalue weighted by atomic mass is 16.8. The van der Waals surface area contributed by atoms with Crippen LogP contribution in [0.5, 0.6) is 0 Å². The highest BCUT2D eigenvalue weighted by Gasteiger charge is 2.58. The van der Waals surface area contributed by atoms with Crippen LogP contribution >= 0.6 is 0 Å². The fourth-order valence-electron chi connectivity index (χ4n) is 5.20. The van der Waals surface area contributed by atoms with Crippen molar-refractivity contribution in [2.24, 2.45) is 5.92 Å². The molecule has 1 N–H and O–H groups in total. The van der Waals surface area contributed by atoms with Gasteiger partial charge < -0.3 is 24.1 Å². The van der Waals surface area contributed by atoms with Crippen LogP contribution in [0.25, 0.3) is 0 Å². The minimum atomic E-state index is -1.69. The van der Waals surface area contributed by atoms with Crippen molar-refractivity contribution in [2.45, 2.75) is 57.3 Å². The second-order valence-electron chi connectivity index (χ2n) is 10.5. The number of aliphatic hydroxyl groups is 1. The molecule has 0 spiro atoms. The van der Waals surface area contributed by atoms with Gasteiger partial charge in [-0.05, 0) is 34.6 Å². The van der Waals surface area contributed by atoms with Gasteiger partial charge in [-0.15, -0.1) is 0 Å². The van der Waals surface area contributed by atoms with E-state index in [1.54, 1.807) is 0 Å². The molecule has 208 valence electrons. The third-order valence-corrected chi connectivity index (χ3v) is 7.46. The van der Waals surface area contributed by atoms with Crippen molar-refractivity contribution in [3.8, 4) is 0 Å². The Hall–Kier alpha value is -3.32. The first-order valence-corrected chi connectivity index (χ1v) is 14.0. The van der Waals surface area contributed by atoms with Gasteiger partial charge in [0.05, 0.1) is 33.0 Å². The molecule has 0 amide bonds. The van der Waals surface area contributed by atoms with E-state index in [1.165, 1.54) is 0 Å². The molecule has 0 heterocycles. The second-order valence-corrected chi connectivity index (χ2v) is 10.5. The monoisotopic (exact) mass is 538 g/mol. The summed E-state index contributed by atoms with van der Waals surface area (Å²) >= 11 is 0. The predicted molar refractivity (Wildman–Crippen MR) is 155 cm³/mol. The lowest BCUT2D eigenvalue weighted by Crippen LogP contribution is -2.62. The zero-order valence-corrected chi connectivity index (χ0v) is 22.9. The molecule has 0 aliphatic heterocycles. The molecule has 1 fully saturated rings. The first-order chi connectivity index (χ1) is 19.6. The van der Waals surface area contributed by atoms with Gasteiger partial charge >= 0.3 is 0 Å². The molecular formula is C35H38O5. The van der Waals surface area contributed by atoms with Crippen LogP contribution in [-0.2, 0) is 45.4 Å². The molecule has 1 saturated carbocycles. The zero-order valence-electron chi connectivity index (χ0n) is 22.9. The number of benzene rings is 4. The third kappa shape index (κ3) is 7.45. The summed E-state index contributed by atoms with van der Waals surface area (Å²) in [6, 6.07) is 39.9. The summed E-state index contributed by atoms with van der Waals surface area (Å²) in [5.74, 6) is -2.97. The summed E-state index contributed by atoms with van der Waals surface area (Å²) in [5, 5.41) is 12.4. The van der Waals surface area contributed by atoms with Crippen molar-refractivity contribution < 1.29 is 24.1 Å². The standard InChI is InChI=1S/C35H38O5/c36-34(38-26-30-15-7-2-8-16-30)23-33(25-37-24-29-13-5-1-6-14-29)21-22-35(34,39-27-31-17-9-3-10-18-31)40-28-32-19-11-4-12-20-32/h1-20,33,36H,21-28H2/t33-,34+/m1/s1. The SMILES string of the molecule is O[C@]1(OCc2ccccc2)C[C@H](COCc2ccccc2)CCC1(OCc1ccccc1)OCc1ccccc1. The average molecular weight is 539 g/mol. The van der Waals surface area contributed by atoms with Crippen LogP contribution in [-0.4, -0.2) is 23.3 Å². The van der Waals surface area contributed by atoms with E-state index in [1.807, 2.05) is 109 Å². The van der Waals surface area contributed by atoms with Crippen LogP contribution in [0.2, 0.25) is 0 Å². The maximum absolute atomic E-state index is 12.4. The molecule has 2 atom stereocenters. The van der Waals surface area contributed by atoms with E-state index < -0.39 is 11.6 Å². The molecule has 5 nitrogen and oxygen atoms in total. The molecule has 1 aliphatic rings. The van der Waals surface area contributed by atoms with Gasteiger partial charge in [-0.25, -0.2) is 0 Å². The summed E-state index contributed by atoms with van der Waals surface area (Å²) in [6.07, 6.45) is 1.57. The summed E-state index contributed by atoms with van der Waals surface area (Å²) < 4.78 is 25.6. The number of hydrogen-bond acceptors (Lipinski definition) is 5. The second kappa shape index (κ2) is 13.8. The molecule has 4 aromatic rings. The molecule has 0 aromatic heterocycles. The molecule has 5 rings (SSSR count). The van der Waals surface area contributed by atoms with E-state index in [0.29, 0.717) is 39.3 Å². The fraction of sp³-hybridized carbons (Fsp3) is 0.314. The summed E-state index contributed by atoms with van der Waals surface area (Å²) in [5.41, 5.74) is 4.10. The van der Waals surface area contributed by atoms with Crippen molar-refractivity contribution in [1.29, 1.82) is 0 Å². The van der Waals surface area contributed by atoms with Crippen molar-refractivity contribution in [2.75, 3.05) is 6.61 Å². The molecule has 0 radical (unpaired) electrons. The molecule has 5 heteroatoms. The summed E-state index contributed by atoms with van der Waals surface area (Å²) in [4.78, 5) is 0. The molecule has 0 bridgehead atoms. The smallest absolute Gasteiger partial charge is 0.224 e. The number of ether oxygens (including phenoxy) is 4. The van der Waals surface area contributed by atoms with Crippen molar-refractivity contribution in [3.05, 3.63) is 144 Å². The lowest BCUT2D eigenvalue weighted by atomic mass is 9.80. The summed E-state index contributed by atoms with van der Waals surface area (Å²) in [7, 11) is 0. The van der Waals surface area contributed by atoms with Gasteiger partial charge in [-0.3, -0.25) is 0 Å². The Morgan fingerprint density at radius 2 is 0.950 bits per heavy atom. The Morgan fingerprint density at radius 3 is 1.40 bits per heavy atom. The number of hydrogen-bond donors (Lipinski definition) is 1. The zero-order chi connectivity index (χ0) is 27.5. The van der Waals surface area contributed by atoms with Crippen molar-refractivity contribution in [3.63, 3.8) is 0 Å². The molecular weight excluding hydrogens is 500 g/mol. The van der Waals surface area contributed by atoms with Gasteiger partial charge in [0.15, 0.2) is 0 Å². The van der Waals surface area contributed by atoms with E-state index in [4.69, 9.17) is 18.9 Å². The van der Waals surface area contributed by atoms with E-state index in [-0.39, 0.29) is 12.5 Å². The van der Waals surface area contributed by atoms with Crippen LogP contribution in [0.1, 0.15) is 41.5 Å². The van der Waals surface area contributed by atoms with Gasteiger partial charge in [-0.1, -0.05) is 121 Å². The van der Waals surface area contributed by atoms with Gasteiger partial charge in [-0.2, -0.15) is 0 Å². The van der Waals surface area contributed by atoms with Gasteiger partial charge in [0.2, 0.25) is 11.6 Å². The topological polar surface area (TPSA) is 57.2 Å². The van der Waals surface area contributed by atoms with Crippen LogP contribution in [0.15, 0.2) is 121 Å². The van der Waals surface area contributed by atoms with Crippen LogP contribution in [0, 0.1) is 5.92 Å². The Bertz CT molecular complexity index is 1220. The van der Waals surface area contributed by atoms with Gasteiger partial charge in [0.1, 0.15) is 0 Å². The highest BCUT2D eigenvalue weighted by Crippen LogP contribution is 2.46. The van der Waals surface area contributed by atoms with Gasteiger partial charge in [0.25, 0.3) is 0 Å². The van der Waals surface area contributed by atoms with E-state index >= 15 is 0 Å². The molecule has 0 unspecified atom stereocenters. The third-order valence-electron chi connectivity index (χ3n) is 7.46. The first-order valence-electron chi connectivity index (χ1n) is 14.0. The molecule has 1 aliphatic carbocycles. The van der Waals surface area contributed by atoms with Crippen LogP contribution in [0.4, 0.5) is 0 Å².